The molecule has 1 N–H and O–H groups in total. The number of carbonyl (C=O) groups excluding carboxylic acids is 2. The largest absolute Gasteiger partial charge is 0.489 e. The predicted molar refractivity (Wildman–Crippen MR) is 98.8 cm³/mol. The van der Waals surface area contributed by atoms with Crippen LogP contribution in [0.4, 0.5) is 14.9 Å². The van der Waals surface area contributed by atoms with Gasteiger partial charge in [0.2, 0.25) is 5.91 Å². The summed E-state index contributed by atoms with van der Waals surface area (Å²) < 4.78 is 19.2. The van der Waals surface area contributed by atoms with Crippen LogP contribution in [-0.4, -0.2) is 54.0 Å². The number of rotatable bonds is 3. The lowest BCUT2D eigenvalue weighted by molar-refractivity contribution is -0.140. The van der Waals surface area contributed by atoms with Crippen molar-refractivity contribution in [2.75, 3.05) is 31.5 Å². The molecule has 144 valence electrons. The molecule has 1 aromatic carbocycles. The lowest BCUT2D eigenvalue weighted by Gasteiger charge is -2.37. The van der Waals surface area contributed by atoms with Gasteiger partial charge < -0.3 is 19.9 Å². The lowest BCUT2D eigenvalue weighted by Crippen LogP contribution is -2.53. The number of halogens is 1. The summed E-state index contributed by atoms with van der Waals surface area (Å²) in [6.07, 6.45) is -0.0944. The summed E-state index contributed by atoms with van der Waals surface area (Å²) in [5.74, 6) is 0.0589. The summed E-state index contributed by atoms with van der Waals surface area (Å²) >= 11 is 0. The quantitative estimate of drug-likeness (QED) is 0.894. The van der Waals surface area contributed by atoms with E-state index in [1.807, 2.05) is 34.6 Å². The number of hydrogen-bond donors (Lipinski definition) is 1. The van der Waals surface area contributed by atoms with Gasteiger partial charge >= 0.3 is 6.03 Å². The molecule has 6 nitrogen and oxygen atoms in total. The maximum Gasteiger partial charge on any atom is 0.322 e. The van der Waals surface area contributed by atoms with E-state index in [9.17, 15) is 14.0 Å². The molecule has 0 aromatic heterocycles. The smallest absolute Gasteiger partial charge is 0.322 e. The van der Waals surface area contributed by atoms with Gasteiger partial charge in [0.05, 0.1) is 11.8 Å². The van der Waals surface area contributed by atoms with Gasteiger partial charge in [-0.15, -0.1) is 0 Å². The third kappa shape index (κ3) is 5.09. The number of ether oxygens (including phenoxy) is 1. The second-order valence-corrected chi connectivity index (χ2v) is 7.77. The second-order valence-electron chi connectivity index (χ2n) is 7.77. The Balaban J connectivity index is 2.00. The first kappa shape index (κ1) is 20.0. The zero-order valence-electron chi connectivity index (χ0n) is 16.1. The monoisotopic (exact) mass is 365 g/mol. The Labute approximate surface area is 154 Å². The molecule has 0 radical (unpaired) electrons. The number of amides is 3. The highest BCUT2D eigenvalue weighted by molar-refractivity contribution is 5.91. The minimum Gasteiger partial charge on any atom is -0.489 e. The van der Waals surface area contributed by atoms with Gasteiger partial charge in [-0.1, -0.05) is 20.8 Å². The van der Waals surface area contributed by atoms with Gasteiger partial charge in [0.25, 0.3) is 0 Å². The number of urea groups is 1. The topological polar surface area (TPSA) is 61.9 Å². The first-order valence-corrected chi connectivity index (χ1v) is 8.89. The van der Waals surface area contributed by atoms with Crippen molar-refractivity contribution in [1.29, 1.82) is 0 Å². The van der Waals surface area contributed by atoms with Crippen molar-refractivity contribution in [3.8, 4) is 5.75 Å². The van der Waals surface area contributed by atoms with E-state index in [1.54, 1.807) is 9.80 Å². The third-order valence-electron chi connectivity index (χ3n) is 4.04. The van der Waals surface area contributed by atoms with Gasteiger partial charge in [-0.3, -0.25) is 4.79 Å². The number of piperazine rings is 1. The van der Waals surface area contributed by atoms with Crippen molar-refractivity contribution in [3.05, 3.63) is 24.0 Å². The van der Waals surface area contributed by atoms with Crippen LogP contribution >= 0.6 is 0 Å². The van der Waals surface area contributed by atoms with Crippen LogP contribution in [0.1, 0.15) is 34.6 Å². The van der Waals surface area contributed by atoms with Gasteiger partial charge in [-0.2, -0.15) is 0 Å². The van der Waals surface area contributed by atoms with Gasteiger partial charge in [0.15, 0.2) is 0 Å². The zero-order valence-corrected chi connectivity index (χ0v) is 16.1. The Morgan fingerprint density at radius 2 is 1.69 bits per heavy atom. The number of benzene rings is 1. The number of hydrogen-bond acceptors (Lipinski definition) is 3. The van der Waals surface area contributed by atoms with Crippen LogP contribution in [0.3, 0.4) is 0 Å². The molecule has 1 aliphatic heterocycles. The molecule has 1 saturated heterocycles. The van der Waals surface area contributed by atoms with Gasteiger partial charge in [-0.25, -0.2) is 9.18 Å². The van der Waals surface area contributed by atoms with Crippen LogP contribution in [0.5, 0.6) is 5.75 Å². The highest BCUT2D eigenvalue weighted by atomic mass is 19.1. The molecule has 2 rings (SSSR count). The summed E-state index contributed by atoms with van der Waals surface area (Å²) in [6.45, 7) is 11.2. The molecular weight excluding hydrogens is 337 g/mol. The summed E-state index contributed by atoms with van der Waals surface area (Å²) in [7, 11) is 0. The fourth-order valence-corrected chi connectivity index (χ4v) is 2.74. The first-order valence-electron chi connectivity index (χ1n) is 8.89. The Bertz CT molecular complexity index is 662. The SMILES string of the molecule is CC(C)Oc1ccc(F)cc1NC(=O)N1CCN(C(=O)C(C)(C)C)CC1. The standard InChI is InChI=1S/C19H28FN3O3/c1-13(2)26-16-7-6-14(20)12-15(16)21-18(25)23-10-8-22(9-11-23)17(24)19(3,4)5/h6-7,12-13H,8-11H2,1-5H3,(H,21,25). The molecule has 26 heavy (non-hydrogen) atoms. The maximum atomic E-state index is 13.6. The third-order valence-corrected chi connectivity index (χ3v) is 4.04. The Morgan fingerprint density at radius 1 is 1.12 bits per heavy atom. The van der Waals surface area contributed by atoms with Crippen molar-refractivity contribution in [2.45, 2.75) is 40.7 Å². The molecule has 1 aromatic rings. The van der Waals surface area contributed by atoms with Crippen molar-refractivity contribution in [1.82, 2.24) is 9.80 Å². The van der Waals surface area contributed by atoms with Gasteiger partial charge in [-0.05, 0) is 26.0 Å². The van der Waals surface area contributed by atoms with E-state index in [2.05, 4.69) is 5.32 Å². The van der Waals surface area contributed by atoms with Crippen LogP contribution in [0, 0.1) is 11.2 Å². The fourth-order valence-electron chi connectivity index (χ4n) is 2.74. The van der Waals surface area contributed by atoms with Crippen LogP contribution in [-0.2, 0) is 4.79 Å². The number of nitrogens with one attached hydrogen (secondary N) is 1. The minimum atomic E-state index is -0.447. The van der Waals surface area contributed by atoms with Crippen LogP contribution in [0.25, 0.3) is 0 Å². The molecule has 0 atom stereocenters. The Morgan fingerprint density at radius 3 is 2.23 bits per heavy atom. The molecule has 0 saturated carbocycles. The fraction of sp³-hybridized carbons (Fsp3) is 0.579. The molecular formula is C19H28FN3O3. The van der Waals surface area contributed by atoms with Crippen LogP contribution < -0.4 is 10.1 Å². The van der Waals surface area contributed by atoms with E-state index in [-0.39, 0.29) is 18.0 Å². The molecule has 0 aliphatic carbocycles. The molecule has 1 aliphatic rings. The molecule has 0 spiro atoms. The number of nitrogens with zero attached hydrogens (tertiary/aromatic N) is 2. The van der Waals surface area contributed by atoms with Crippen LogP contribution in [0.2, 0.25) is 0 Å². The highest BCUT2D eigenvalue weighted by Gasteiger charge is 2.31. The summed E-state index contributed by atoms with van der Waals surface area (Å²) in [6, 6.07) is 3.72. The van der Waals surface area contributed by atoms with E-state index in [4.69, 9.17) is 4.74 Å². The number of carbonyl (C=O) groups is 2. The molecule has 1 heterocycles. The summed E-state index contributed by atoms with van der Waals surface area (Å²) in [4.78, 5) is 28.2. The average Bonchev–Trinajstić information content (AvgIpc) is 2.55. The van der Waals surface area contributed by atoms with Gasteiger partial charge in [0.1, 0.15) is 11.6 Å². The normalized spacial score (nSPS) is 15.2. The van der Waals surface area contributed by atoms with E-state index < -0.39 is 11.2 Å². The highest BCUT2D eigenvalue weighted by Crippen LogP contribution is 2.27. The van der Waals surface area contributed by atoms with Gasteiger partial charge in [0, 0.05) is 37.7 Å². The predicted octanol–water partition coefficient (Wildman–Crippen LogP) is 3.34. The van der Waals surface area contributed by atoms with Crippen molar-refractivity contribution >= 4 is 17.6 Å². The van der Waals surface area contributed by atoms with Crippen molar-refractivity contribution in [2.24, 2.45) is 5.41 Å². The Kier molecular flexibility index (Phi) is 6.10. The minimum absolute atomic E-state index is 0.0790. The van der Waals surface area contributed by atoms with Crippen molar-refractivity contribution in [3.63, 3.8) is 0 Å². The molecule has 3 amide bonds. The lowest BCUT2D eigenvalue weighted by atomic mass is 9.94. The van der Waals surface area contributed by atoms with E-state index in [1.165, 1.54) is 18.2 Å². The van der Waals surface area contributed by atoms with E-state index >= 15 is 0 Å². The van der Waals surface area contributed by atoms with Crippen LogP contribution in [0.15, 0.2) is 18.2 Å². The number of anilines is 1. The van der Waals surface area contributed by atoms with E-state index in [0.717, 1.165) is 0 Å². The molecule has 7 heteroatoms. The Hall–Kier alpha value is -2.31. The molecule has 0 bridgehead atoms. The summed E-state index contributed by atoms with van der Waals surface area (Å²) in [5.41, 5.74) is -0.133. The second kappa shape index (κ2) is 7.93. The molecule has 0 unspecified atom stereocenters. The zero-order chi connectivity index (χ0) is 19.5. The summed E-state index contributed by atoms with van der Waals surface area (Å²) in [5, 5.41) is 2.72. The van der Waals surface area contributed by atoms with E-state index in [0.29, 0.717) is 37.6 Å². The average molecular weight is 365 g/mol. The maximum absolute atomic E-state index is 13.6. The molecule has 1 fully saturated rings. The van der Waals surface area contributed by atoms with Crippen molar-refractivity contribution < 1.29 is 18.7 Å². The first-order chi connectivity index (χ1) is 12.1.